The normalized spacial score (nSPS) is 10.4. The van der Waals surface area contributed by atoms with E-state index in [9.17, 15) is 14.7 Å². The Balaban J connectivity index is 2.92. The van der Waals surface area contributed by atoms with Crippen molar-refractivity contribution in [1.82, 2.24) is 5.32 Å². The lowest BCUT2D eigenvalue weighted by atomic mass is 10.1. The minimum atomic E-state index is -1.28. The van der Waals surface area contributed by atoms with Crippen LogP contribution < -0.4 is 10.4 Å². The molecule has 0 unspecified atom stereocenters. The van der Waals surface area contributed by atoms with E-state index in [1.54, 1.807) is 6.07 Å². The highest BCUT2D eigenvalue weighted by Gasteiger charge is 2.07. The van der Waals surface area contributed by atoms with Gasteiger partial charge >= 0.3 is 0 Å². The third-order valence-corrected chi connectivity index (χ3v) is 2.23. The van der Waals surface area contributed by atoms with Crippen molar-refractivity contribution in [3.05, 3.63) is 53.6 Å². The maximum Gasteiger partial charge on any atom is 0.262 e. The molecule has 0 saturated heterocycles. The second-order valence-electron chi connectivity index (χ2n) is 3.58. The Morgan fingerprint density at radius 3 is 2.47 bits per heavy atom. The summed E-state index contributed by atoms with van der Waals surface area (Å²) in [5.74, 6) is -1.79. The molecule has 0 aliphatic heterocycles. The number of hydrogen-bond donors (Lipinski definition) is 1. The molecule has 0 bridgehead atoms. The van der Waals surface area contributed by atoms with Crippen LogP contribution in [0.3, 0.4) is 0 Å². The number of carboxylic acid groups (broad SMARTS) is 1. The Hall–Kier alpha value is -2.87. The summed E-state index contributed by atoms with van der Waals surface area (Å²) in [6, 6.07) is 7.45. The van der Waals surface area contributed by atoms with Gasteiger partial charge in [0, 0.05) is 6.54 Å². The van der Waals surface area contributed by atoms with E-state index in [0.29, 0.717) is 5.56 Å². The highest BCUT2D eigenvalue weighted by molar-refractivity contribution is 6.01. The maximum atomic E-state index is 11.6. The predicted molar refractivity (Wildman–Crippen MR) is 67.6 cm³/mol. The van der Waals surface area contributed by atoms with E-state index in [1.165, 1.54) is 36.4 Å². The molecule has 5 nitrogen and oxygen atoms in total. The summed E-state index contributed by atoms with van der Waals surface area (Å²) in [6.45, 7) is 3.71. The van der Waals surface area contributed by atoms with Crippen molar-refractivity contribution in [3.63, 3.8) is 0 Å². The second kappa shape index (κ2) is 6.77. The van der Waals surface area contributed by atoms with Gasteiger partial charge in [-0.2, -0.15) is 5.26 Å². The van der Waals surface area contributed by atoms with Crippen LogP contribution in [0.1, 0.15) is 15.9 Å². The van der Waals surface area contributed by atoms with Gasteiger partial charge in [0.05, 0.1) is 5.97 Å². The van der Waals surface area contributed by atoms with E-state index in [1.807, 2.05) is 0 Å². The van der Waals surface area contributed by atoms with Crippen LogP contribution in [0, 0.1) is 11.3 Å². The highest BCUT2D eigenvalue weighted by Crippen LogP contribution is 2.08. The number of carbonyl (C=O) groups excluding carboxylic acids is 2. The molecular weight excluding hydrogens is 244 g/mol. The number of amides is 1. The quantitative estimate of drug-likeness (QED) is 0.464. The maximum absolute atomic E-state index is 11.6. The third kappa shape index (κ3) is 4.13. The molecule has 1 amide bonds. The summed E-state index contributed by atoms with van der Waals surface area (Å²) in [5, 5.41) is 21.9. The standard InChI is InChI=1S/C14H12N2O3/c1-2-7-16-13(17)12(9-15)8-10-3-5-11(6-4-10)14(18)19/h2-6,8H,1,7H2,(H,16,17)(H,18,19)/p-1/b12-8+. The molecule has 0 fully saturated rings. The van der Waals surface area contributed by atoms with Gasteiger partial charge < -0.3 is 15.2 Å². The number of nitriles is 1. The van der Waals surface area contributed by atoms with Gasteiger partial charge in [0.1, 0.15) is 11.6 Å². The zero-order valence-electron chi connectivity index (χ0n) is 10.1. The Morgan fingerprint density at radius 2 is 2.00 bits per heavy atom. The number of carbonyl (C=O) groups is 2. The molecule has 0 spiro atoms. The third-order valence-electron chi connectivity index (χ3n) is 2.23. The lowest BCUT2D eigenvalue weighted by molar-refractivity contribution is -0.255. The minimum absolute atomic E-state index is 0.0340. The summed E-state index contributed by atoms with van der Waals surface area (Å²) in [7, 11) is 0. The lowest BCUT2D eigenvalue weighted by Gasteiger charge is -2.03. The summed E-state index contributed by atoms with van der Waals surface area (Å²) in [4.78, 5) is 22.1. The molecule has 1 aromatic rings. The van der Waals surface area contributed by atoms with E-state index in [2.05, 4.69) is 11.9 Å². The van der Waals surface area contributed by atoms with E-state index < -0.39 is 11.9 Å². The smallest absolute Gasteiger partial charge is 0.262 e. The topological polar surface area (TPSA) is 93.0 Å². The van der Waals surface area contributed by atoms with Crippen LogP contribution in [0.2, 0.25) is 0 Å². The van der Waals surface area contributed by atoms with Crippen molar-refractivity contribution in [2.45, 2.75) is 0 Å². The Bertz CT molecular complexity index is 565. The fourth-order valence-electron chi connectivity index (χ4n) is 1.29. The zero-order valence-corrected chi connectivity index (χ0v) is 10.1. The Labute approximate surface area is 110 Å². The first-order valence-electron chi connectivity index (χ1n) is 5.40. The number of benzene rings is 1. The van der Waals surface area contributed by atoms with Crippen LogP contribution in [-0.4, -0.2) is 18.4 Å². The van der Waals surface area contributed by atoms with Crippen molar-refractivity contribution in [2.24, 2.45) is 0 Å². The summed E-state index contributed by atoms with van der Waals surface area (Å²) >= 11 is 0. The largest absolute Gasteiger partial charge is 0.545 e. The van der Waals surface area contributed by atoms with Crippen LogP contribution in [0.15, 0.2) is 42.5 Å². The van der Waals surface area contributed by atoms with Crippen molar-refractivity contribution >= 4 is 18.0 Å². The first-order chi connectivity index (χ1) is 9.08. The second-order valence-corrected chi connectivity index (χ2v) is 3.58. The monoisotopic (exact) mass is 255 g/mol. The van der Waals surface area contributed by atoms with Crippen molar-refractivity contribution in [2.75, 3.05) is 6.54 Å². The Kier molecular flexibility index (Phi) is 5.05. The molecular formula is C14H11N2O3-. The molecule has 19 heavy (non-hydrogen) atoms. The molecule has 0 atom stereocenters. The summed E-state index contributed by atoms with van der Waals surface area (Å²) < 4.78 is 0. The number of carboxylic acids is 1. The van der Waals surface area contributed by atoms with Crippen molar-refractivity contribution in [1.29, 1.82) is 5.26 Å². The van der Waals surface area contributed by atoms with Gasteiger partial charge in [0.15, 0.2) is 0 Å². The first kappa shape index (κ1) is 14.2. The zero-order chi connectivity index (χ0) is 14.3. The molecule has 0 saturated carbocycles. The number of aromatic carboxylic acids is 1. The number of hydrogen-bond acceptors (Lipinski definition) is 4. The Morgan fingerprint density at radius 1 is 1.37 bits per heavy atom. The van der Waals surface area contributed by atoms with Gasteiger partial charge in [-0.25, -0.2) is 0 Å². The van der Waals surface area contributed by atoms with Crippen LogP contribution in [-0.2, 0) is 4.79 Å². The van der Waals surface area contributed by atoms with Crippen LogP contribution in [0.25, 0.3) is 6.08 Å². The molecule has 1 aromatic carbocycles. The molecule has 0 radical (unpaired) electrons. The average Bonchev–Trinajstić information content (AvgIpc) is 2.42. The fourth-order valence-corrected chi connectivity index (χ4v) is 1.29. The molecule has 1 rings (SSSR count). The predicted octanol–water partition coefficient (Wildman–Crippen LogP) is 0.259. The first-order valence-corrected chi connectivity index (χ1v) is 5.40. The molecule has 0 aliphatic rings. The van der Waals surface area contributed by atoms with Gasteiger partial charge in [-0.05, 0) is 17.2 Å². The van der Waals surface area contributed by atoms with Crippen LogP contribution >= 0.6 is 0 Å². The summed E-state index contributed by atoms with van der Waals surface area (Å²) in [6.07, 6.45) is 2.87. The molecule has 0 aromatic heterocycles. The average molecular weight is 255 g/mol. The van der Waals surface area contributed by atoms with E-state index in [4.69, 9.17) is 5.26 Å². The summed E-state index contributed by atoms with van der Waals surface area (Å²) in [5.41, 5.74) is 0.519. The van der Waals surface area contributed by atoms with Crippen LogP contribution in [0.4, 0.5) is 0 Å². The highest BCUT2D eigenvalue weighted by atomic mass is 16.4. The van der Waals surface area contributed by atoms with Crippen molar-refractivity contribution in [3.8, 4) is 6.07 Å². The van der Waals surface area contributed by atoms with E-state index in [0.717, 1.165) is 0 Å². The number of nitrogens with one attached hydrogen (secondary N) is 1. The van der Waals surface area contributed by atoms with Crippen molar-refractivity contribution < 1.29 is 14.7 Å². The van der Waals surface area contributed by atoms with Gasteiger partial charge in [-0.3, -0.25) is 4.79 Å². The fraction of sp³-hybridized carbons (Fsp3) is 0.0714. The number of nitrogens with zero attached hydrogens (tertiary/aromatic N) is 1. The van der Waals surface area contributed by atoms with Gasteiger partial charge in [-0.15, -0.1) is 6.58 Å². The SMILES string of the molecule is C=CCNC(=O)/C(C#N)=C/c1ccc(C(=O)[O-])cc1. The van der Waals surface area contributed by atoms with E-state index in [-0.39, 0.29) is 17.7 Å². The lowest BCUT2D eigenvalue weighted by Crippen LogP contribution is -2.24. The van der Waals surface area contributed by atoms with Crippen LogP contribution in [0.5, 0.6) is 0 Å². The molecule has 5 heteroatoms. The molecule has 0 aliphatic carbocycles. The molecule has 96 valence electrons. The van der Waals surface area contributed by atoms with E-state index >= 15 is 0 Å². The minimum Gasteiger partial charge on any atom is -0.545 e. The van der Waals surface area contributed by atoms with Gasteiger partial charge in [-0.1, -0.05) is 30.3 Å². The van der Waals surface area contributed by atoms with Gasteiger partial charge in [0.2, 0.25) is 0 Å². The molecule has 0 heterocycles. The molecule has 1 N–H and O–H groups in total. The van der Waals surface area contributed by atoms with Gasteiger partial charge in [0.25, 0.3) is 5.91 Å². The number of rotatable bonds is 5.